The molecule has 0 aromatic carbocycles. The van der Waals surface area contributed by atoms with Crippen LogP contribution >= 0.6 is 0 Å². The van der Waals surface area contributed by atoms with Gasteiger partial charge in [0.15, 0.2) is 5.43 Å². The van der Waals surface area contributed by atoms with Gasteiger partial charge in [-0.05, 0) is 67.9 Å². The third-order valence-electron chi connectivity index (χ3n) is 6.35. The van der Waals surface area contributed by atoms with Crippen LogP contribution in [0.25, 0.3) is 11.1 Å². The summed E-state index contributed by atoms with van der Waals surface area (Å²) in [6, 6.07) is 5.62. The molecule has 0 bridgehead atoms. The average molecular weight is 386 g/mol. The smallest absolute Gasteiger partial charge is 0.189 e. The van der Waals surface area contributed by atoms with Crippen LogP contribution in [0.15, 0.2) is 54.0 Å². The van der Waals surface area contributed by atoms with Gasteiger partial charge in [0.25, 0.3) is 0 Å². The molecule has 148 valence electrons. The van der Waals surface area contributed by atoms with E-state index in [1.807, 2.05) is 24.7 Å². The highest BCUT2D eigenvalue weighted by molar-refractivity contribution is 5.60. The van der Waals surface area contributed by atoms with E-state index >= 15 is 0 Å². The molecule has 0 unspecified atom stereocenters. The standard InChI is InChI=1S/C24H26N4O/c29-23-7-8-25-15-22(23)19-5-6-21(26-12-19)10-16-1-2-17(9-16)11-24-27-13-20(14-28-24)18-3-4-18/h5-8,12-18H,1-4,9-11H2,(H,25,29)/t16-,17-/m0/s1. The zero-order valence-corrected chi connectivity index (χ0v) is 16.6. The first-order valence-electron chi connectivity index (χ1n) is 10.7. The average Bonchev–Trinajstić information content (AvgIpc) is 3.51. The van der Waals surface area contributed by atoms with E-state index in [2.05, 4.69) is 26.0 Å². The van der Waals surface area contributed by atoms with E-state index in [0.717, 1.165) is 35.8 Å². The molecule has 5 heteroatoms. The maximum absolute atomic E-state index is 12.0. The van der Waals surface area contributed by atoms with E-state index in [9.17, 15) is 4.79 Å². The highest BCUT2D eigenvalue weighted by atomic mass is 16.1. The molecule has 29 heavy (non-hydrogen) atoms. The van der Waals surface area contributed by atoms with Crippen molar-refractivity contribution in [1.82, 2.24) is 19.9 Å². The fourth-order valence-corrected chi connectivity index (χ4v) is 4.55. The van der Waals surface area contributed by atoms with E-state index in [-0.39, 0.29) is 5.43 Å². The Balaban J connectivity index is 1.16. The van der Waals surface area contributed by atoms with Gasteiger partial charge in [-0.15, -0.1) is 0 Å². The summed E-state index contributed by atoms with van der Waals surface area (Å²) in [6.07, 6.45) is 17.6. The van der Waals surface area contributed by atoms with E-state index in [4.69, 9.17) is 0 Å². The quantitative estimate of drug-likeness (QED) is 0.685. The van der Waals surface area contributed by atoms with Gasteiger partial charge in [-0.25, -0.2) is 9.97 Å². The Morgan fingerprint density at radius 2 is 1.69 bits per heavy atom. The third kappa shape index (κ3) is 4.29. The first-order valence-corrected chi connectivity index (χ1v) is 10.7. The van der Waals surface area contributed by atoms with Crippen LogP contribution in [0.5, 0.6) is 0 Å². The van der Waals surface area contributed by atoms with E-state index in [1.54, 1.807) is 18.5 Å². The van der Waals surface area contributed by atoms with Crippen LogP contribution < -0.4 is 5.43 Å². The zero-order valence-electron chi connectivity index (χ0n) is 16.6. The lowest BCUT2D eigenvalue weighted by atomic mass is 9.97. The van der Waals surface area contributed by atoms with Crippen molar-refractivity contribution in [3.8, 4) is 11.1 Å². The molecule has 1 N–H and O–H groups in total. The molecule has 2 aliphatic rings. The first-order chi connectivity index (χ1) is 14.2. The predicted octanol–water partition coefficient (Wildman–Crippen LogP) is 4.31. The van der Waals surface area contributed by atoms with E-state index < -0.39 is 0 Å². The molecule has 0 saturated heterocycles. The SMILES string of the molecule is O=c1cc[nH]cc1-c1ccc(C[C@H]2CC[C@H](Cc3ncc(C4CC4)cn3)C2)nc1. The second-order valence-electron chi connectivity index (χ2n) is 8.62. The zero-order chi connectivity index (χ0) is 19.6. The monoisotopic (exact) mass is 386 g/mol. The number of hydrogen-bond acceptors (Lipinski definition) is 4. The molecule has 0 aliphatic heterocycles. The minimum Gasteiger partial charge on any atom is -0.367 e. The first kappa shape index (κ1) is 18.2. The minimum atomic E-state index is 0.0179. The fourth-order valence-electron chi connectivity index (χ4n) is 4.55. The van der Waals surface area contributed by atoms with E-state index in [0.29, 0.717) is 17.4 Å². The molecule has 5 rings (SSSR count). The lowest BCUT2D eigenvalue weighted by Gasteiger charge is -2.11. The fraction of sp³-hybridized carbons (Fsp3) is 0.417. The van der Waals surface area contributed by atoms with Gasteiger partial charge in [-0.3, -0.25) is 9.78 Å². The summed E-state index contributed by atoms with van der Waals surface area (Å²) in [7, 11) is 0. The van der Waals surface area contributed by atoms with Crippen molar-refractivity contribution in [3.63, 3.8) is 0 Å². The van der Waals surface area contributed by atoms with Gasteiger partial charge >= 0.3 is 0 Å². The Morgan fingerprint density at radius 3 is 2.38 bits per heavy atom. The highest BCUT2D eigenvalue weighted by Gasteiger charge is 2.27. The number of pyridine rings is 2. The molecular weight excluding hydrogens is 360 g/mol. The van der Waals surface area contributed by atoms with Crippen LogP contribution in [-0.4, -0.2) is 19.9 Å². The van der Waals surface area contributed by atoms with Crippen molar-refractivity contribution in [3.05, 3.63) is 76.5 Å². The topological polar surface area (TPSA) is 71.5 Å². The van der Waals surface area contributed by atoms with E-state index in [1.165, 1.54) is 37.7 Å². The second kappa shape index (κ2) is 7.90. The molecule has 2 saturated carbocycles. The maximum Gasteiger partial charge on any atom is 0.189 e. The molecule has 0 spiro atoms. The Morgan fingerprint density at radius 1 is 0.897 bits per heavy atom. The molecule has 5 nitrogen and oxygen atoms in total. The van der Waals surface area contributed by atoms with Gasteiger partial charge in [-0.1, -0.05) is 6.07 Å². The summed E-state index contributed by atoms with van der Waals surface area (Å²) in [6.45, 7) is 0. The lowest BCUT2D eigenvalue weighted by Crippen LogP contribution is -2.07. The number of nitrogens with one attached hydrogen (secondary N) is 1. The summed E-state index contributed by atoms with van der Waals surface area (Å²) < 4.78 is 0. The molecule has 2 aliphatic carbocycles. The van der Waals surface area contributed by atoms with Crippen LogP contribution in [0.1, 0.15) is 55.1 Å². The second-order valence-corrected chi connectivity index (χ2v) is 8.62. The minimum absolute atomic E-state index is 0.0179. The van der Waals surface area contributed by atoms with Crippen molar-refractivity contribution < 1.29 is 0 Å². The lowest BCUT2D eigenvalue weighted by molar-refractivity contribution is 0.476. The van der Waals surface area contributed by atoms with Gasteiger partial charge in [0.2, 0.25) is 0 Å². The van der Waals surface area contributed by atoms with Gasteiger partial charge in [0.05, 0.1) is 0 Å². The summed E-state index contributed by atoms with van der Waals surface area (Å²) in [5.41, 5.74) is 3.97. The van der Waals surface area contributed by atoms with Crippen molar-refractivity contribution >= 4 is 0 Å². The van der Waals surface area contributed by atoms with Crippen molar-refractivity contribution in [1.29, 1.82) is 0 Å². The molecule has 2 atom stereocenters. The third-order valence-corrected chi connectivity index (χ3v) is 6.35. The number of nitrogens with zero attached hydrogens (tertiary/aromatic N) is 3. The molecular formula is C24H26N4O. The highest BCUT2D eigenvalue weighted by Crippen LogP contribution is 2.39. The van der Waals surface area contributed by atoms with Crippen LogP contribution in [-0.2, 0) is 12.8 Å². The van der Waals surface area contributed by atoms with Gasteiger partial charge in [-0.2, -0.15) is 0 Å². The Hall–Kier alpha value is -2.82. The van der Waals surface area contributed by atoms with Gasteiger partial charge < -0.3 is 4.98 Å². The molecule has 0 amide bonds. The number of aromatic amines is 1. The molecule has 2 fully saturated rings. The van der Waals surface area contributed by atoms with Crippen LogP contribution in [0.2, 0.25) is 0 Å². The predicted molar refractivity (Wildman–Crippen MR) is 113 cm³/mol. The Labute approximate surface area is 170 Å². The number of rotatable bonds is 6. The summed E-state index contributed by atoms with van der Waals surface area (Å²) in [4.78, 5) is 28.8. The summed E-state index contributed by atoms with van der Waals surface area (Å²) in [5, 5.41) is 0. The van der Waals surface area contributed by atoms with Crippen LogP contribution in [0, 0.1) is 11.8 Å². The largest absolute Gasteiger partial charge is 0.367 e. The normalized spacial score (nSPS) is 21.4. The maximum atomic E-state index is 12.0. The van der Waals surface area contributed by atoms with Crippen LogP contribution in [0.4, 0.5) is 0 Å². The summed E-state index contributed by atoms with van der Waals surface area (Å²) >= 11 is 0. The molecule has 3 aromatic heterocycles. The number of H-pyrrole nitrogens is 1. The molecule has 3 aromatic rings. The molecule has 3 heterocycles. The Bertz CT molecular complexity index is 1020. The van der Waals surface area contributed by atoms with Crippen molar-refractivity contribution in [2.45, 2.75) is 50.9 Å². The summed E-state index contributed by atoms with van der Waals surface area (Å²) in [5.74, 6) is 3.06. The number of aromatic nitrogens is 4. The van der Waals surface area contributed by atoms with Crippen molar-refractivity contribution in [2.75, 3.05) is 0 Å². The van der Waals surface area contributed by atoms with Gasteiger partial charge in [0.1, 0.15) is 5.82 Å². The van der Waals surface area contributed by atoms with Crippen LogP contribution in [0.3, 0.4) is 0 Å². The number of hydrogen-bond donors (Lipinski definition) is 1. The van der Waals surface area contributed by atoms with Crippen molar-refractivity contribution in [2.24, 2.45) is 11.8 Å². The Kier molecular flexibility index (Phi) is 4.96. The van der Waals surface area contributed by atoms with Gasteiger partial charge in [0, 0.05) is 60.3 Å². The molecule has 0 radical (unpaired) electrons.